The Morgan fingerprint density at radius 1 is 1.28 bits per heavy atom. The third kappa shape index (κ3) is 5.61. The lowest BCUT2D eigenvalue weighted by Crippen LogP contribution is -2.23. The summed E-state index contributed by atoms with van der Waals surface area (Å²) in [4.78, 5) is 23.3. The summed E-state index contributed by atoms with van der Waals surface area (Å²) in [5.74, 6) is -0.0348. The number of anilines is 1. The normalized spacial score (nSPS) is 11.7. The molecule has 3 rings (SSSR count). The first-order valence-corrected chi connectivity index (χ1v) is 11.0. The Balaban J connectivity index is 1.71. The predicted molar refractivity (Wildman–Crippen MR) is 121 cm³/mol. The van der Waals surface area contributed by atoms with Crippen LogP contribution < -0.4 is 10.1 Å². The van der Waals surface area contributed by atoms with Crippen molar-refractivity contribution >= 4 is 29.0 Å². The maximum atomic E-state index is 12.7. The Morgan fingerprint density at radius 3 is 2.69 bits per heavy atom. The van der Waals surface area contributed by atoms with Gasteiger partial charge in [0.2, 0.25) is 11.1 Å². The average molecular weight is 457 g/mol. The molecule has 1 N–H and O–H groups in total. The molecule has 1 unspecified atom stereocenters. The zero-order valence-electron chi connectivity index (χ0n) is 18.0. The van der Waals surface area contributed by atoms with Gasteiger partial charge >= 0.3 is 0 Å². The number of thioether (sulfide) groups is 1. The molecule has 3 aromatic rings. The van der Waals surface area contributed by atoms with Crippen LogP contribution in [-0.2, 0) is 11.2 Å². The first-order chi connectivity index (χ1) is 15.4. The molecule has 0 saturated carbocycles. The first kappa shape index (κ1) is 23.2. The highest BCUT2D eigenvalue weighted by Crippen LogP contribution is 2.30. The van der Waals surface area contributed by atoms with Crippen molar-refractivity contribution in [3.8, 4) is 11.4 Å². The number of nitro benzene ring substituents is 1. The highest BCUT2D eigenvalue weighted by atomic mass is 32.2. The number of aryl methyl sites for hydroxylation is 1. The van der Waals surface area contributed by atoms with Gasteiger partial charge in [0.25, 0.3) is 5.69 Å². The fourth-order valence-electron chi connectivity index (χ4n) is 2.95. The molecule has 168 valence electrons. The van der Waals surface area contributed by atoms with E-state index in [-0.39, 0.29) is 17.3 Å². The number of nitrogens with zero attached hydrogens (tertiary/aromatic N) is 5. The molecule has 32 heavy (non-hydrogen) atoms. The number of amides is 1. The predicted octanol–water partition coefficient (Wildman–Crippen LogP) is 4.04. The summed E-state index contributed by atoms with van der Waals surface area (Å²) in [5, 5.41) is 25.4. The van der Waals surface area contributed by atoms with Gasteiger partial charge < -0.3 is 10.1 Å². The number of tetrazole rings is 1. The molecule has 11 heteroatoms. The Kier molecular flexibility index (Phi) is 7.77. The molecule has 10 nitrogen and oxygen atoms in total. The summed E-state index contributed by atoms with van der Waals surface area (Å²) in [7, 11) is 1.43. The van der Waals surface area contributed by atoms with Gasteiger partial charge in [-0.25, -0.2) is 0 Å². The van der Waals surface area contributed by atoms with Crippen molar-refractivity contribution in [3.05, 3.63) is 58.1 Å². The van der Waals surface area contributed by atoms with Crippen molar-refractivity contribution in [1.29, 1.82) is 0 Å². The molecule has 0 aliphatic carbocycles. The number of methoxy groups -OCH3 is 1. The third-order valence-corrected chi connectivity index (χ3v) is 5.78. The standard InChI is InChI=1S/C21H24N6O4S/c1-4-5-6-15-7-9-16(10-8-15)26-21(23-24-25-26)32-14(2)20(28)22-18-13-17(27(29)30)11-12-19(18)31-3/h7-14H,4-6H2,1-3H3,(H,22,28). The van der Waals surface area contributed by atoms with E-state index in [1.165, 1.54) is 42.6 Å². The molecule has 1 atom stereocenters. The van der Waals surface area contributed by atoms with Gasteiger partial charge in [-0.1, -0.05) is 37.2 Å². The topological polar surface area (TPSA) is 125 Å². The molecule has 0 aliphatic rings. The highest BCUT2D eigenvalue weighted by Gasteiger charge is 2.21. The molecule has 1 heterocycles. The molecule has 0 saturated heterocycles. The number of aromatic nitrogens is 4. The quantitative estimate of drug-likeness (QED) is 0.275. The van der Waals surface area contributed by atoms with Crippen LogP contribution in [0.5, 0.6) is 5.75 Å². The van der Waals surface area contributed by atoms with Gasteiger partial charge in [-0.05, 0) is 54.0 Å². The van der Waals surface area contributed by atoms with Gasteiger partial charge in [-0.15, -0.1) is 5.10 Å². The first-order valence-electron chi connectivity index (χ1n) is 10.1. The number of nitro groups is 1. The van der Waals surface area contributed by atoms with E-state index in [0.29, 0.717) is 10.9 Å². The van der Waals surface area contributed by atoms with Crippen LogP contribution >= 0.6 is 11.8 Å². The fraction of sp³-hybridized carbons (Fsp3) is 0.333. The molecule has 1 aromatic heterocycles. The molecule has 0 spiro atoms. The zero-order valence-corrected chi connectivity index (χ0v) is 18.8. The summed E-state index contributed by atoms with van der Waals surface area (Å²) < 4.78 is 6.77. The van der Waals surface area contributed by atoms with Crippen molar-refractivity contribution in [1.82, 2.24) is 20.2 Å². The average Bonchev–Trinajstić information content (AvgIpc) is 3.25. The largest absolute Gasteiger partial charge is 0.495 e. The van der Waals surface area contributed by atoms with Crippen LogP contribution in [0, 0.1) is 10.1 Å². The Morgan fingerprint density at radius 2 is 2.03 bits per heavy atom. The summed E-state index contributed by atoms with van der Waals surface area (Å²) in [6.07, 6.45) is 3.29. The van der Waals surface area contributed by atoms with Crippen LogP contribution in [-0.4, -0.2) is 43.4 Å². The van der Waals surface area contributed by atoms with Crippen molar-refractivity contribution in [3.63, 3.8) is 0 Å². The number of carbonyl (C=O) groups excluding carboxylic acids is 1. The Hall–Kier alpha value is -3.47. The van der Waals surface area contributed by atoms with E-state index in [1.807, 2.05) is 24.3 Å². The molecule has 0 fully saturated rings. The van der Waals surface area contributed by atoms with Gasteiger partial charge in [0, 0.05) is 12.1 Å². The number of non-ortho nitro benzene ring substituents is 1. The van der Waals surface area contributed by atoms with Crippen molar-refractivity contribution in [2.75, 3.05) is 12.4 Å². The van der Waals surface area contributed by atoms with E-state index >= 15 is 0 Å². The van der Waals surface area contributed by atoms with Gasteiger partial charge in [0.05, 0.1) is 28.7 Å². The number of rotatable bonds is 10. The fourth-order valence-corrected chi connectivity index (χ4v) is 3.76. The maximum absolute atomic E-state index is 12.7. The van der Waals surface area contributed by atoms with Crippen LogP contribution in [0.1, 0.15) is 32.3 Å². The lowest BCUT2D eigenvalue weighted by Gasteiger charge is -2.14. The molecule has 0 radical (unpaired) electrons. The number of benzene rings is 2. The summed E-state index contributed by atoms with van der Waals surface area (Å²) in [6.45, 7) is 3.86. The second-order valence-corrected chi connectivity index (χ2v) is 8.34. The van der Waals surface area contributed by atoms with Crippen LogP contribution in [0.3, 0.4) is 0 Å². The van der Waals surface area contributed by atoms with Crippen molar-refractivity contribution in [2.45, 2.75) is 43.5 Å². The van der Waals surface area contributed by atoms with Crippen LogP contribution in [0.2, 0.25) is 0 Å². The van der Waals surface area contributed by atoms with Crippen LogP contribution in [0.15, 0.2) is 47.6 Å². The van der Waals surface area contributed by atoms with Gasteiger partial charge in [0.15, 0.2) is 0 Å². The molecule has 0 aliphatic heterocycles. The lowest BCUT2D eigenvalue weighted by molar-refractivity contribution is -0.384. The van der Waals surface area contributed by atoms with Gasteiger partial charge in [0.1, 0.15) is 5.75 Å². The number of unbranched alkanes of at least 4 members (excludes halogenated alkanes) is 1. The monoisotopic (exact) mass is 456 g/mol. The second-order valence-electron chi connectivity index (χ2n) is 7.03. The summed E-state index contributed by atoms with van der Waals surface area (Å²) in [5.41, 5.74) is 2.12. The van der Waals surface area contributed by atoms with E-state index in [4.69, 9.17) is 4.74 Å². The van der Waals surface area contributed by atoms with Crippen molar-refractivity contribution < 1.29 is 14.5 Å². The second kappa shape index (κ2) is 10.7. The minimum absolute atomic E-state index is 0.146. The summed E-state index contributed by atoms with van der Waals surface area (Å²) >= 11 is 1.18. The lowest BCUT2D eigenvalue weighted by atomic mass is 10.1. The molecule has 0 bridgehead atoms. The maximum Gasteiger partial charge on any atom is 0.271 e. The number of hydrogen-bond donors (Lipinski definition) is 1. The molecule has 2 aromatic carbocycles. The van der Waals surface area contributed by atoms with Gasteiger partial charge in [-0.3, -0.25) is 14.9 Å². The molecule has 1 amide bonds. The number of ether oxygens (including phenoxy) is 1. The van der Waals surface area contributed by atoms with E-state index in [1.54, 1.807) is 11.6 Å². The van der Waals surface area contributed by atoms with E-state index in [9.17, 15) is 14.9 Å². The SMILES string of the molecule is CCCCc1ccc(-n2nnnc2SC(C)C(=O)Nc2cc([N+](=O)[O-])ccc2OC)cc1. The molecular formula is C21H24N6O4S. The Labute approximate surface area is 189 Å². The minimum Gasteiger partial charge on any atom is -0.495 e. The van der Waals surface area contributed by atoms with Crippen molar-refractivity contribution in [2.24, 2.45) is 0 Å². The van der Waals surface area contributed by atoms with E-state index in [2.05, 4.69) is 27.8 Å². The minimum atomic E-state index is -0.576. The smallest absolute Gasteiger partial charge is 0.271 e. The van der Waals surface area contributed by atoms with E-state index in [0.717, 1.165) is 24.9 Å². The number of hydrogen-bond acceptors (Lipinski definition) is 8. The van der Waals surface area contributed by atoms with Crippen LogP contribution in [0.25, 0.3) is 5.69 Å². The van der Waals surface area contributed by atoms with E-state index < -0.39 is 10.2 Å². The summed E-state index contributed by atoms with van der Waals surface area (Å²) in [6, 6.07) is 12.0. The van der Waals surface area contributed by atoms with Crippen LogP contribution in [0.4, 0.5) is 11.4 Å². The molecular weight excluding hydrogens is 432 g/mol. The highest BCUT2D eigenvalue weighted by molar-refractivity contribution is 8.00. The van der Waals surface area contributed by atoms with Gasteiger partial charge in [-0.2, -0.15) is 4.68 Å². The third-order valence-electron chi connectivity index (χ3n) is 4.74. The zero-order chi connectivity index (χ0) is 23.1. The number of carbonyl (C=O) groups is 1. The Bertz CT molecular complexity index is 1090. The number of nitrogens with one attached hydrogen (secondary N) is 1.